The molecule has 1 atom stereocenters. The van der Waals surface area contributed by atoms with Crippen molar-refractivity contribution in [2.24, 2.45) is 0 Å². The van der Waals surface area contributed by atoms with Gasteiger partial charge in [0.15, 0.2) is 11.0 Å². The summed E-state index contributed by atoms with van der Waals surface area (Å²) in [5.41, 5.74) is 2.15. The number of aromatic nitrogens is 3. The van der Waals surface area contributed by atoms with E-state index in [9.17, 15) is 9.59 Å². The van der Waals surface area contributed by atoms with Crippen LogP contribution in [0.4, 0.5) is 5.69 Å². The Bertz CT molecular complexity index is 1140. The SMILES string of the molecule is CCn1c(SCC(=O)Nc2cccc(C)c2)nnc1C(C)NC(=O)c1ccc(Cl)cc1Cl. The third-order valence-electron chi connectivity index (χ3n) is 4.61. The number of benzene rings is 2. The predicted molar refractivity (Wildman–Crippen MR) is 129 cm³/mol. The van der Waals surface area contributed by atoms with Crippen molar-refractivity contribution in [1.82, 2.24) is 20.1 Å². The molecule has 0 aliphatic heterocycles. The van der Waals surface area contributed by atoms with Gasteiger partial charge in [-0.1, -0.05) is 47.1 Å². The number of amides is 2. The number of carbonyl (C=O) groups excluding carboxylic acids is 2. The lowest BCUT2D eigenvalue weighted by Gasteiger charge is -2.15. The molecule has 1 unspecified atom stereocenters. The average Bonchev–Trinajstić information content (AvgIpc) is 3.15. The van der Waals surface area contributed by atoms with Gasteiger partial charge in [0.05, 0.1) is 22.4 Å². The number of halogens is 2. The second kappa shape index (κ2) is 10.8. The van der Waals surface area contributed by atoms with Gasteiger partial charge in [0.2, 0.25) is 5.91 Å². The molecule has 0 saturated carbocycles. The maximum Gasteiger partial charge on any atom is 0.253 e. The predicted octanol–water partition coefficient (Wildman–Crippen LogP) is 5.14. The van der Waals surface area contributed by atoms with Crippen LogP contribution in [0.3, 0.4) is 0 Å². The fourth-order valence-corrected chi connectivity index (χ4v) is 4.39. The number of thioether (sulfide) groups is 1. The van der Waals surface area contributed by atoms with Gasteiger partial charge in [-0.3, -0.25) is 9.59 Å². The number of nitrogens with zero attached hydrogens (tertiary/aromatic N) is 3. The molecule has 1 aromatic heterocycles. The molecule has 0 bridgehead atoms. The molecule has 0 radical (unpaired) electrons. The summed E-state index contributed by atoms with van der Waals surface area (Å²) >= 11 is 13.3. The molecule has 0 fully saturated rings. The minimum Gasteiger partial charge on any atom is -0.342 e. The minimum atomic E-state index is -0.419. The van der Waals surface area contributed by atoms with Crippen LogP contribution >= 0.6 is 35.0 Å². The second-order valence-corrected chi connectivity index (χ2v) is 8.90. The molecule has 0 saturated heterocycles. The van der Waals surface area contributed by atoms with E-state index in [0.29, 0.717) is 28.1 Å². The van der Waals surface area contributed by atoms with Gasteiger partial charge in [-0.25, -0.2) is 0 Å². The van der Waals surface area contributed by atoms with Gasteiger partial charge in [-0.15, -0.1) is 10.2 Å². The van der Waals surface area contributed by atoms with Gasteiger partial charge in [0.1, 0.15) is 0 Å². The number of rotatable bonds is 8. The van der Waals surface area contributed by atoms with Gasteiger partial charge in [0.25, 0.3) is 5.91 Å². The van der Waals surface area contributed by atoms with E-state index in [1.165, 1.54) is 17.8 Å². The van der Waals surface area contributed by atoms with E-state index in [0.717, 1.165) is 11.3 Å². The average molecular weight is 492 g/mol. The molecule has 168 valence electrons. The molecule has 32 heavy (non-hydrogen) atoms. The second-order valence-electron chi connectivity index (χ2n) is 7.11. The summed E-state index contributed by atoms with van der Waals surface area (Å²) in [4.78, 5) is 25.0. The lowest BCUT2D eigenvalue weighted by Crippen LogP contribution is -2.29. The highest BCUT2D eigenvalue weighted by Crippen LogP contribution is 2.24. The van der Waals surface area contributed by atoms with Crippen molar-refractivity contribution >= 4 is 52.5 Å². The summed E-state index contributed by atoms with van der Waals surface area (Å²) in [6.45, 7) is 6.33. The molecule has 0 aliphatic carbocycles. The monoisotopic (exact) mass is 491 g/mol. The summed E-state index contributed by atoms with van der Waals surface area (Å²) in [5.74, 6) is 0.309. The maximum atomic E-state index is 12.6. The lowest BCUT2D eigenvalue weighted by atomic mass is 10.2. The Kier molecular flexibility index (Phi) is 8.17. The van der Waals surface area contributed by atoms with Crippen LogP contribution in [-0.2, 0) is 11.3 Å². The van der Waals surface area contributed by atoms with Crippen LogP contribution < -0.4 is 10.6 Å². The first-order chi connectivity index (χ1) is 15.3. The normalized spacial score (nSPS) is 11.8. The van der Waals surface area contributed by atoms with E-state index >= 15 is 0 Å². The number of carbonyl (C=O) groups is 2. The molecule has 2 amide bonds. The van der Waals surface area contributed by atoms with Crippen LogP contribution in [0.25, 0.3) is 0 Å². The highest BCUT2D eigenvalue weighted by atomic mass is 35.5. The minimum absolute atomic E-state index is 0.133. The Labute approximate surface area is 200 Å². The topological polar surface area (TPSA) is 88.9 Å². The van der Waals surface area contributed by atoms with Gasteiger partial charge in [0, 0.05) is 17.3 Å². The van der Waals surface area contributed by atoms with Crippen LogP contribution in [0.1, 0.15) is 41.6 Å². The molecule has 3 rings (SSSR count). The molecule has 2 aromatic carbocycles. The first kappa shape index (κ1) is 24.1. The van der Waals surface area contributed by atoms with Gasteiger partial charge < -0.3 is 15.2 Å². The number of anilines is 1. The van der Waals surface area contributed by atoms with Crippen molar-refractivity contribution < 1.29 is 9.59 Å². The maximum absolute atomic E-state index is 12.6. The molecule has 0 spiro atoms. The summed E-state index contributed by atoms with van der Waals surface area (Å²) in [7, 11) is 0. The highest BCUT2D eigenvalue weighted by Gasteiger charge is 2.21. The molecular weight excluding hydrogens is 469 g/mol. The smallest absolute Gasteiger partial charge is 0.253 e. The fraction of sp³-hybridized carbons (Fsp3) is 0.273. The van der Waals surface area contributed by atoms with Gasteiger partial charge in [-0.05, 0) is 56.7 Å². The first-order valence-electron chi connectivity index (χ1n) is 9.96. The van der Waals surface area contributed by atoms with Crippen molar-refractivity contribution in [3.8, 4) is 0 Å². The van der Waals surface area contributed by atoms with E-state index in [1.807, 2.05) is 49.6 Å². The first-order valence-corrected chi connectivity index (χ1v) is 11.7. The summed E-state index contributed by atoms with van der Waals surface area (Å²) < 4.78 is 1.87. The Morgan fingerprint density at radius 3 is 2.62 bits per heavy atom. The number of hydrogen-bond acceptors (Lipinski definition) is 5. The molecule has 3 aromatic rings. The van der Waals surface area contributed by atoms with Crippen molar-refractivity contribution in [2.75, 3.05) is 11.1 Å². The van der Waals surface area contributed by atoms with Crippen LogP contribution in [-0.4, -0.2) is 32.3 Å². The van der Waals surface area contributed by atoms with E-state index in [1.54, 1.807) is 12.1 Å². The molecule has 2 N–H and O–H groups in total. The highest BCUT2D eigenvalue weighted by molar-refractivity contribution is 7.99. The third-order valence-corrected chi connectivity index (χ3v) is 6.12. The van der Waals surface area contributed by atoms with Gasteiger partial charge >= 0.3 is 0 Å². The largest absolute Gasteiger partial charge is 0.342 e. The van der Waals surface area contributed by atoms with Crippen LogP contribution in [0.15, 0.2) is 47.6 Å². The Morgan fingerprint density at radius 1 is 1.16 bits per heavy atom. The Balaban J connectivity index is 1.64. The van der Waals surface area contributed by atoms with E-state index in [4.69, 9.17) is 23.2 Å². The quantitative estimate of drug-likeness (QED) is 0.426. The standard InChI is InChI=1S/C22H23Cl2N5O2S/c1-4-29-20(14(3)25-21(31)17-9-8-15(23)11-18(17)24)27-28-22(29)32-12-19(30)26-16-7-5-6-13(2)10-16/h5-11,14H,4,12H2,1-3H3,(H,25,31)(H,26,30). The number of hydrogen-bond donors (Lipinski definition) is 2. The zero-order valence-corrected chi connectivity index (χ0v) is 20.2. The van der Waals surface area contributed by atoms with Crippen molar-refractivity contribution in [1.29, 1.82) is 0 Å². The third kappa shape index (κ3) is 6.03. The number of nitrogens with one attached hydrogen (secondary N) is 2. The van der Waals surface area contributed by atoms with Crippen LogP contribution in [0.2, 0.25) is 10.0 Å². The number of aryl methyl sites for hydroxylation is 1. The summed E-state index contributed by atoms with van der Waals surface area (Å²) in [5, 5.41) is 15.5. The molecular formula is C22H23Cl2N5O2S. The zero-order chi connectivity index (χ0) is 23.3. The molecule has 0 aliphatic rings. The summed E-state index contributed by atoms with van der Waals surface area (Å²) in [6.07, 6.45) is 0. The summed E-state index contributed by atoms with van der Waals surface area (Å²) in [6, 6.07) is 11.9. The molecule has 10 heteroatoms. The van der Waals surface area contributed by atoms with E-state index < -0.39 is 6.04 Å². The van der Waals surface area contributed by atoms with Crippen molar-refractivity contribution in [3.05, 3.63) is 69.5 Å². The Hall–Kier alpha value is -2.55. The van der Waals surface area contributed by atoms with Crippen molar-refractivity contribution in [2.45, 2.75) is 38.5 Å². The molecule has 1 heterocycles. The van der Waals surface area contributed by atoms with Crippen LogP contribution in [0.5, 0.6) is 0 Å². The van der Waals surface area contributed by atoms with Crippen LogP contribution in [0, 0.1) is 6.92 Å². The fourth-order valence-electron chi connectivity index (χ4n) is 3.09. The van der Waals surface area contributed by atoms with Gasteiger partial charge in [-0.2, -0.15) is 0 Å². The zero-order valence-electron chi connectivity index (χ0n) is 17.9. The lowest BCUT2D eigenvalue weighted by molar-refractivity contribution is -0.113. The van der Waals surface area contributed by atoms with E-state index in [-0.39, 0.29) is 22.6 Å². The molecule has 7 nitrogen and oxygen atoms in total. The van der Waals surface area contributed by atoms with E-state index in [2.05, 4.69) is 20.8 Å². The Morgan fingerprint density at radius 2 is 1.94 bits per heavy atom. The van der Waals surface area contributed by atoms with Crippen molar-refractivity contribution in [3.63, 3.8) is 0 Å².